The fourth-order valence-corrected chi connectivity index (χ4v) is 2.90. The molecule has 2 rings (SSSR count). The predicted molar refractivity (Wildman–Crippen MR) is 92.9 cm³/mol. The van der Waals surface area contributed by atoms with Gasteiger partial charge in [0.1, 0.15) is 0 Å². The molecule has 0 fully saturated rings. The Bertz CT molecular complexity index is 541. The highest BCUT2D eigenvalue weighted by molar-refractivity contribution is 5.67. The Balaban J connectivity index is 2.31. The van der Waals surface area contributed by atoms with Crippen LogP contribution in [0.25, 0.3) is 5.57 Å². The molecule has 0 bridgehead atoms. The zero-order valence-electron chi connectivity index (χ0n) is 13.6. The molecule has 0 aliphatic heterocycles. The normalized spacial score (nSPS) is 16.7. The Morgan fingerprint density at radius 2 is 1.62 bits per heavy atom. The van der Waals surface area contributed by atoms with Crippen molar-refractivity contribution >= 4 is 5.57 Å². The fraction of sp³-hybridized carbons (Fsp3) is 0.400. The highest BCUT2D eigenvalue weighted by Gasteiger charge is 2.28. The minimum atomic E-state index is -0.303. The number of rotatable bonds is 5. The third-order valence-corrected chi connectivity index (χ3v) is 3.99. The predicted octanol–water partition coefficient (Wildman–Crippen LogP) is 4.97. The molecule has 0 heterocycles. The van der Waals surface area contributed by atoms with Crippen LogP contribution in [0.4, 0.5) is 0 Å². The van der Waals surface area contributed by atoms with Crippen molar-refractivity contribution in [2.75, 3.05) is 0 Å². The summed E-state index contributed by atoms with van der Waals surface area (Å²) in [6.45, 7) is 8.77. The Kier molecular flexibility index (Phi) is 4.53. The second kappa shape index (κ2) is 6.03. The van der Waals surface area contributed by atoms with Crippen LogP contribution in [-0.4, -0.2) is 5.54 Å². The molecule has 2 N–H and O–H groups in total. The van der Waals surface area contributed by atoms with Crippen LogP contribution in [0.15, 0.2) is 60.7 Å². The molecule has 0 saturated heterocycles. The summed E-state index contributed by atoms with van der Waals surface area (Å²) in [7, 11) is 0. The Hall–Kier alpha value is -1.60. The summed E-state index contributed by atoms with van der Waals surface area (Å²) in [6, 6.07) is 10.6. The standard InChI is InChI=1S/C20H27N/c1-19(2,18-12-8-9-13-18)14-17(15-20(3,4)21)16-10-6-5-7-11-16/h5-13,15,18H,14,21H2,1-4H3. The SMILES string of the molecule is CC(C)(N)C=C(CC(C)(C)C1C=CC=C1)c1ccccc1. The van der Waals surface area contributed by atoms with E-state index >= 15 is 0 Å². The van der Waals surface area contributed by atoms with Gasteiger partial charge in [-0.25, -0.2) is 0 Å². The molecular weight excluding hydrogens is 254 g/mol. The van der Waals surface area contributed by atoms with Crippen LogP contribution in [-0.2, 0) is 0 Å². The number of hydrogen-bond donors (Lipinski definition) is 1. The molecule has 1 nitrogen and oxygen atoms in total. The molecule has 0 radical (unpaired) electrons. The van der Waals surface area contributed by atoms with Gasteiger partial charge in [-0.2, -0.15) is 0 Å². The lowest BCUT2D eigenvalue weighted by atomic mass is 9.73. The average Bonchev–Trinajstić information content (AvgIpc) is 2.92. The molecule has 112 valence electrons. The van der Waals surface area contributed by atoms with Gasteiger partial charge in [-0.15, -0.1) is 0 Å². The summed E-state index contributed by atoms with van der Waals surface area (Å²) < 4.78 is 0. The molecule has 1 aliphatic carbocycles. The zero-order chi connectivity index (χ0) is 15.5. The van der Waals surface area contributed by atoms with E-state index in [0.29, 0.717) is 5.92 Å². The van der Waals surface area contributed by atoms with Crippen molar-refractivity contribution in [1.82, 2.24) is 0 Å². The smallest absolute Gasteiger partial charge is 0.0287 e. The van der Waals surface area contributed by atoms with Gasteiger partial charge in [0.2, 0.25) is 0 Å². The summed E-state index contributed by atoms with van der Waals surface area (Å²) >= 11 is 0. The lowest BCUT2D eigenvalue weighted by molar-refractivity contribution is 0.314. The lowest BCUT2D eigenvalue weighted by Gasteiger charge is -2.32. The first-order valence-corrected chi connectivity index (χ1v) is 7.69. The highest BCUT2D eigenvalue weighted by Crippen LogP contribution is 2.40. The number of hydrogen-bond acceptors (Lipinski definition) is 1. The van der Waals surface area contributed by atoms with E-state index in [1.807, 2.05) is 0 Å². The largest absolute Gasteiger partial charge is 0.322 e. The maximum atomic E-state index is 6.24. The van der Waals surface area contributed by atoms with Gasteiger partial charge >= 0.3 is 0 Å². The van der Waals surface area contributed by atoms with E-state index in [2.05, 4.69) is 88.4 Å². The Morgan fingerprint density at radius 1 is 1.05 bits per heavy atom. The Morgan fingerprint density at radius 3 is 2.14 bits per heavy atom. The monoisotopic (exact) mass is 281 g/mol. The van der Waals surface area contributed by atoms with Crippen molar-refractivity contribution in [3.05, 3.63) is 66.3 Å². The quantitative estimate of drug-likeness (QED) is 0.810. The van der Waals surface area contributed by atoms with Crippen LogP contribution in [0.1, 0.15) is 39.7 Å². The van der Waals surface area contributed by atoms with Gasteiger partial charge in [0, 0.05) is 11.5 Å². The lowest BCUT2D eigenvalue weighted by Crippen LogP contribution is -2.30. The third kappa shape index (κ3) is 4.44. The van der Waals surface area contributed by atoms with E-state index in [-0.39, 0.29) is 11.0 Å². The van der Waals surface area contributed by atoms with Crippen LogP contribution < -0.4 is 5.73 Å². The van der Waals surface area contributed by atoms with Crippen LogP contribution in [0.3, 0.4) is 0 Å². The first-order chi connectivity index (χ1) is 9.78. The molecule has 0 unspecified atom stereocenters. The van der Waals surface area contributed by atoms with Crippen LogP contribution in [0, 0.1) is 11.3 Å². The summed E-state index contributed by atoms with van der Waals surface area (Å²) in [6.07, 6.45) is 12.1. The van der Waals surface area contributed by atoms with Gasteiger partial charge in [-0.1, -0.05) is 74.6 Å². The van der Waals surface area contributed by atoms with E-state index < -0.39 is 0 Å². The molecule has 1 aromatic carbocycles. The second-order valence-electron chi connectivity index (χ2n) is 7.32. The van der Waals surface area contributed by atoms with Crippen molar-refractivity contribution < 1.29 is 0 Å². The van der Waals surface area contributed by atoms with Crippen molar-refractivity contribution in [3.63, 3.8) is 0 Å². The van der Waals surface area contributed by atoms with Crippen LogP contribution >= 0.6 is 0 Å². The van der Waals surface area contributed by atoms with E-state index in [0.717, 1.165) is 6.42 Å². The van der Waals surface area contributed by atoms with Gasteiger partial charge in [0.25, 0.3) is 0 Å². The first-order valence-electron chi connectivity index (χ1n) is 7.69. The van der Waals surface area contributed by atoms with Gasteiger partial charge in [0.05, 0.1) is 0 Å². The molecular formula is C20H27N. The molecule has 0 saturated carbocycles. The number of allylic oxidation sites excluding steroid dienone is 5. The summed E-state index contributed by atoms with van der Waals surface area (Å²) in [5.74, 6) is 0.491. The maximum absolute atomic E-state index is 6.24. The van der Waals surface area contributed by atoms with Gasteiger partial charge in [0.15, 0.2) is 0 Å². The summed E-state index contributed by atoms with van der Waals surface area (Å²) in [5, 5.41) is 0. The van der Waals surface area contributed by atoms with Gasteiger partial charge < -0.3 is 5.73 Å². The molecule has 1 aliphatic rings. The second-order valence-corrected chi connectivity index (χ2v) is 7.32. The maximum Gasteiger partial charge on any atom is 0.0287 e. The average molecular weight is 281 g/mol. The Labute approximate surface area is 129 Å². The molecule has 0 spiro atoms. The third-order valence-electron chi connectivity index (χ3n) is 3.99. The van der Waals surface area contributed by atoms with Crippen LogP contribution in [0.2, 0.25) is 0 Å². The minimum Gasteiger partial charge on any atom is -0.322 e. The molecule has 0 atom stereocenters. The minimum absolute atomic E-state index is 0.177. The van der Waals surface area contributed by atoms with Crippen molar-refractivity contribution in [1.29, 1.82) is 0 Å². The van der Waals surface area contributed by atoms with E-state index in [1.165, 1.54) is 11.1 Å². The number of benzene rings is 1. The van der Waals surface area contributed by atoms with Gasteiger partial charge in [-0.3, -0.25) is 0 Å². The number of nitrogens with two attached hydrogens (primary N) is 1. The first kappa shape index (κ1) is 15.8. The van der Waals surface area contributed by atoms with E-state index in [1.54, 1.807) is 0 Å². The molecule has 0 aromatic heterocycles. The highest BCUT2D eigenvalue weighted by atomic mass is 14.7. The summed E-state index contributed by atoms with van der Waals surface area (Å²) in [4.78, 5) is 0. The van der Waals surface area contributed by atoms with Crippen molar-refractivity contribution in [3.8, 4) is 0 Å². The molecule has 1 aromatic rings. The molecule has 21 heavy (non-hydrogen) atoms. The molecule has 0 amide bonds. The fourth-order valence-electron chi connectivity index (χ4n) is 2.90. The topological polar surface area (TPSA) is 26.0 Å². The van der Waals surface area contributed by atoms with Gasteiger partial charge in [-0.05, 0) is 36.8 Å². The van der Waals surface area contributed by atoms with E-state index in [9.17, 15) is 0 Å². The van der Waals surface area contributed by atoms with Crippen LogP contribution in [0.5, 0.6) is 0 Å². The summed E-state index contributed by atoms with van der Waals surface area (Å²) in [5.41, 5.74) is 8.72. The van der Waals surface area contributed by atoms with Crippen molar-refractivity contribution in [2.24, 2.45) is 17.1 Å². The molecule has 1 heteroatoms. The van der Waals surface area contributed by atoms with Crippen molar-refractivity contribution in [2.45, 2.75) is 39.7 Å². The van der Waals surface area contributed by atoms with E-state index in [4.69, 9.17) is 5.73 Å². The zero-order valence-corrected chi connectivity index (χ0v) is 13.6.